The quantitative estimate of drug-likeness (QED) is 0.743. The van der Waals surface area contributed by atoms with Crippen molar-refractivity contribution < 1.29 is 9.53 Å². The van der Waals surface area contributed by atoms with Gasteiger partial charge in [0, 0.05) is 6.61 Å². The molecule has 0 saturated carbocycles. The molecule has 0 aromatic rings. The Morgan fingerprint density at radius 3 is 2.62 bits per heavy atom. The predicted octanol–water partition coefficient (Wildman–Crippen LogP) is 1.22. The van der Waals surface area contributed by atoms with Gasteiger partial charge in [0.2, 0.25) is 5.91 Å². The Labute approximate surface area is 98.3 Å². The molecule has 1 saturated heterocycles. The van der Waals surface area contributed by atoms with Gasteiger partial charge in [0.05, 0.1) is 25.4 Å². The number of carbonyl (C=O) groups excluding carboxylic acids is 1. The molecule has 0 aromatic carbocycles. The average molecular weight is 228 g/mol. The first kappa shape index (κ1) is 13.5. The van der Waals surface area contributed by atoms with E-state index in [9.17, 15) is 4.79 Å². The van der Waals surface area contributed by atoms with Crippen LogP contribution in [0.3, 0.4) is 0 Å². The molecule has 0 bridgehead atoms. The largest absolute Gasteiger partial charge is 0.380 e. The van der Waals surface area contributed by atoms with Gasteiger partial charge in [-0.25, -0.2) is 0 Å². The van der Waals surface area contributed by atoms with E-state index in [1.165, 1.54) is 0 Å². The lowest BCUT2D eigenvalue weighted by Crippen LogP contribution is -2.44. The van der Waals surface area contributed by atoms with Crippen LogP contribution in [0.2, 0.25) is 0 Å². The third-order valence-electron chi connectivity index (χ3n) is 3.16. The van der Waals surface area contributed by atoms with Gasteiger partial charge in [-0.05, 0) is 19.3 Å². The molecule has 1 heterocycles. The lowest BCUT2D eigenvalue weighted by atomic mass is 10.0. The number of carbonyl (C=O) groups is 1. The molecule has 4 nitrogen and oxygen atoms in total. The van der Waals surface area contributed by atoms with Crippen molar-refractivity contribution in [1.29, 1.82) is 0 Å². The third kappa shape index (κ3) is 2.95. The van der Waals surface area contributed by atoms with E-state index in [4.69, 9.17) is 4.74 Å². The lowest BCUT2D eigenvalue weighted by molar-refractivity contribution is -0.133. The summed E-state index contributed by atoms with van der Waals surface area (Å²) >= 11 is 0. The summed E-state index contributed by atoms with van der Waals surface area (Å²) in [5, 5.41) is 3.24. The van der Waals surface area contributed by atoms with Gasteiger partial charge in [-0.1, -0.05) is 20.8 Å². The first-order chi connectivity index (χ1) is 7.61. The summed E-state index contributed by atoms with van der Waals surface area (Å²) in [6.07, 6.45) is 0.856. The van der Waals surface area contributed by atoms with Crippen LogP contribution in [-0.4, -0.2) is 42.8 Å². The van der Waals surface area contributed by atoms with E-state index in [0.29, 0.717) is 25.8 Å². The van der Waals surface area contributed by atoms with Crippen molar-refractivity contribution in [2.75, 3.05) is 19.9 Å². The minimum atomic E-state index is 0.00266. The molecule has 1 N–H and O–H groups in total. The zero-order valence-electron chi connectivity index (χ0n) is 10.8. The molecule has 1 aliphatic heterocycles. The van der Waals surface area contributed by atoms with Crippen molar-refractivity contribution in [3.05, 3.63) is 0 Å². The van der Waals surface area contributed by atoms with Gasteiger partial charge in [0.15, 0.2) is 0 Å². The molecule has 0 aromatic heterocycles. The molecular weight excluding hydrogens is 204 g/mol. The highest BCUT2D eigenvalue weighted by Gasteiger charge is 2.35. The predicted molar refractivity (Wildman–Crippen MR) is 64.0 cm³/mol. The van der Waals surface area contributed by atoms with Crippen LogP contribution in [0.15, 0.2) is 0 Å². The van der Waals surface area contributed by atoms with Gasteiger partial charge in [0.1, 0.15) is 0 Å². The Hall–Kier alpha value is -0.610. The van der Waals surface area contributed by atoms with Gasteiger partial charge in [0.25, 0.3) is 0 Å². The van der Waals surface area contributed by atoms with Crippen LogP contribution >= 0.6 is 0 Å². The molecule has 2 unspecified atom stereocenters. The molecule has 94 valence electrons. The molecule has 4 heteroatoms. The fourth-order valence-electron chi connectivity index (χ4n) is 2.05. The van der Waals surface area contributed by atoms with E-state index in [1.807, 2.05) is 18.7 Å². The summed E-state index contributed by atoms with van der Waals surface area (Å²) < 4.78 is 5.46. The Morgan fingerprint density at radius 2 is 2.19 bits per heavy atom. The summed E-state index contributed by atoms with van der Waals surface area (Å²) in [6, 6.07) is 0.194. The van der Waals surface area contributed by atoms with Gasteiger partial charge in [-0.3, -0.25) is 10.1 Å². The Kier molecular flexibility index (Phi) is 5.22. The molecular formula is C12H24N2O2. The van der Waals surface area contributed by atoms with Crippen LogP contribution in [0, 0.1) is 5.92 Å². The second-order valence-corrected chi connectivity index (χ2v) is 4.60. The fraction of sp³-hybridized carbons (Fsp3) is 0.917. The first-order valence-electron chi connectivity index (χ1n) is 6.23. The molecule has 1 aliphatic rings. The van der Waals surface area contributed by atoms with E-state index >= 15 is 0 Å². The van der Waals surface area contributed by atoms with E-state index in [1.54, 1.807) is 0 Å². The number of hydrogen-bond acceptors (Lipinski definition) is 3. The highest BCUT2D eigenvalue weighted by molar-refractivity contribution is 5.84. The molecule has 1 rings (SSSR count). The number of hydrogen-bond donors (Lipinski definition) is 1. The third-order valence-corrected chi connectivity index (χ3v) is 3.16. The van der Waals surface area contributed by atoms with Crippen molar-refractivity contribution >= 4 is 5.91 Å². The molecule has 0 aliphatic carbocycles. The van der Waals surface area contributed by atoms with Crippen molar-refractivity contribution in [1.82, 2.24) is 10.2 Å². The lowest BCUT2D eigenvalue weighted by Gasteiger charge is -2.30. The Morgan fingerprint density at radius 1 is 1.50 bits per heavy atom. The normalized spacial score (nSPS) is 23.2. The summed E-state index contributed by atoms with van der Waals surface area (Å²) in [5.41, 5.74) is 0. The number of ether oxygens (including phenoxy) is 1. The van der Waals surface area contributed by atoms with Crippen LogP contribution in [-0.2, 0) is 9.53 Å². The van der Waals surface area contributed by atoms with E-state index in [-0.39, 0.29) is 18.0 Å². The number of nitrogens with one attached hydrogen (secondary N) is 1. The minimum Gasteiger partial charge on any atom is -0.380 e. The zero-order valence-corrected chi connectivity index (χ0v) is 10.8. The molecule has 16 heavy (non-hydrogen) atoms. The maximum Gasteiger partial charge on any atom is 0.241 e. The fourth-order valence-corrected chi connectivity index (χ4v) is 2.05. The average Bonchev–Trinajstić information content (AvgIpc) is 2.60. The molecule has 1 amide bonds. The van der Waals surface area contributed by atoms with Gasteiger partial charge < -0.3 is 9.64 Å². The van der Waals surface area contributed by atoms with E-state index in [0.717, 1.165) is 6.42 Å². The van der Waals surface area contributed by atoms with Gasteiger partial charge in [-0.2, -0.15) is 0 Å². The summed E-state index contributed by atoms with van der Waals surface area (Å²) in [7, 11) is 0. The molecule has 0 spiro atoms. The topological polar surface area (TPSA) is 41.6 Å². The van der Waals surface area contributed by atoms with Crippen LogP contribution in [0.5, 0.6) is 0 Å². The second-order valence-electron chi connectivity index (χ2n) is 4.60. The highest BCUT2D eigenvalue weighted by Crippen LogP contribution is 2.17. The van der Waals surface area contributed by atoms with E-state index in [2.05, 4.69) is 19.2 Å². The van der Waals surface area contributed by atoms with Crippen LogP contribution < -0.4 is 5.32 Å². The number of rotatable bonds is 6. The van der Waals surface area contributed by atoms with Crippen molar-refractivity contribution in [3.63, 3.8) is 0 Å². The zero-order chi connectivity index (χ0) is 12.1. The molecule has 2 atom stereocenters. The minimum absolute atomic E-state index is 0.00266. The van der Waals surface area contributed by atoms with Crippen LogP contribution in [0.1, 0.15) is 34.1 Å². The van der Waals surface area contributed by atoms with Gasteiger partial charge >= 0.3 is 0 Å². The number of amides is 1. The molecule has 1 fully saturated rings. The summed E-state index contributed by atoms with van der Waals surface area (Å²) in [4.78, 5) is 14.0. The monoisotopic (exact) mass is 228 g/mol. The van der Waals surface area contributed by atoms with Crippen molar-refractivity contribution in [2.45, 2.75) is 46.2 Å². The maximum absolute atomic E-state index is 12.1. The maximum atomic E-state index is 12.1. The van der Waals surface area contributed by atoms with Crippen molar-refractivity contribution in [2.24, 2.45) is 5.92 Å². The van der Waals surface area contributed by atoms with Crippen molar-refractivity contribution in [3.8, 4) is 0 Å². The second kappa shape index (κ2) is 6.21. The summed E-state index contributed by atoms with van der Waals surface area (Å²) in [5.74, 6) is 0.647. The highest BCUT2D eigenvalue weighted by atomic mass is 16.5. The number of nitrogens with zero attached hydrogens (tertiary/aromatic N) is 1. The first-order valence-corrected chi connectivity index (χ1v) is 6.23. The Balaban J connectivity index is 2.61. The van der Waals surface area contributed by atoms with Gasteiger partial charge in [-0.15, -0.1) is 0 Å². The van der Waals surface area contributed by atoms with E-state index < -0.39 is 0 Å². The van der Waals surface area contributed by atoms with Crippen LogP contribution in [0.25, 0.3) is 0 Å². The molecule has 0 radical (unpaired) electrons. The smallest absolute Gasteiger partial charge is 0.241 e. The SMILES string of the molecule is CCOCC(C(C)C)N1CNC(CC)C1=O. The Bertz CT molecular complexity index is 231. The van der Waals surface area contributed by atoms with Crippen LogP contribution in [0.4, 0.5) is 0 Å². The summed E-state index contributed by atoms with van der Waals surface area (Å²) in [6.45, 7) is 10.3. The standard InChI is InChI=1S/C12H24N2O2/c1-5-10-12(15)14(8-13-10)11(9(3)4)7-16-6-2/h9-11,13H,5-8H2,1-4H3.